The fraction of sp³-hybridized carbons (Fsp3) is 0.300. The fourth-order valence-corrected chi connectivity index (χ4v) is 3.37. The highest BCUT2D eigenvalue weighted by atomic mass is 19.1. The minimum atomic E-state index is -0.533. The van der Waals surface area contributed by atoms with Crippen molar-refractivity contribution in [3.63, 3.8) is 0 Å². The molecule has 146 valence electrons. The molecule has 0 bridgehead atoms. The Kier molecular flexibility index (Phi) is 5.01. The number of hydrogen-bond acceptors (Lipinski definition) is 4. The second-order valence-electron chi connectivity index (χ2n) is 6.69. The summed E-state index contributed by atoms with van der Waals surface area (Å²) in [5.41, 5.74) is 1.37. The zero-order valence-corrected chi connectivity index (χ0v) is 15.1. The number of carbonyl (C=O) groups is 2. The fourth-order valence-electron chi connectivity index (χ4n) is 3.37. The van der Waals surface area contributed by atoms with Crippen molar-refractivity contribution in [3.8, 4) is 11.5 Å². The molecule has 0 spiro atoms. The van der Waals surface area contributed by atoms with Crippen molar-refractivity contribution in [2.75, 3.05) is 18.7 Å². The molecule has 7 nitrogen and oxygen atoms in total. The topological polar surface area (TPSA) is 79.9 Å². The first-order valence-electron chi connectivity index (χ1n) is 9.09. The number of halogens is 1. The maximum Gasteiger partial charge on any atom is 0.322 e. The molecule has 28 heavy (non-hydrogen) atoms. The molecule has 0 saturated carbocycles. The maximum absolute atomic E-state index is 13.0. The molecule has 2 aliphatic rings. The summed E-state index contributed by atoms with van der Waals surface area (Å²) in [7, 11) is 0. The average Bonchev–Trinajstić information content (AvgIpc) is 3.36. The molecule has 2 aromatic carbocycles. The standard InChI is InChI=1S/C20H20FN3O4/c21-14-4-6-15(7-5-14)23-20(26)24-9-1-2-16(24)19(25)22-11-13-3-8-17-18(10-13)28-12-27-17/h3-8,10,16H,1-2,9,11-12H2,(H,22,25)(H,23,26)/t16-/m0/s1. The monoisotopic (exact) mass is 385 g/mol. The molecule has 0 aromatic heterocycles. The van der Waals surface area contributed by atoms with Crippen LogP contribution in [0.15, 0.2) is 42.5 Å². The predicted molar refractivity (Wildman–Crippen MR) is 99.6 cm³/mol. The normalized spacial score (nSPS) is 17.5. The molecule has 3 amide bonds. The number of ether oxygens (including phenoxy) is 2. The van der Waals surface area contributed by atoms with Gasteiger partial charge in [0.25, 0.3) is 0 Å². The Hall–Kier alpha value is -3.29. The number of rotatable bonds is 4. The van der Waals surface area contributed by atoms with Crippen LogP contribution < -0.4 is 20.1 Å². The number of amides is 3. The smallest absolute Gasteiger partial charge is 0.322 e. The number of carbonyl (C=O) groups excluding carboxylic acids is 2. The van der Waals surface area contributed by atoms with Gasteiger partial charge in [-0.1, -0.05) is 6.07 Å². The van der Waals surface area contributed by atoms with Crippen molar-refractivity contribution >= 4 is 17.6 Å². The number of nitrogens with one attached hydrogen (secondary N) is 2. The highest BCUT2D eigenvalue weighted by molar-refractivity contribution is 5.94. The van der Waals surface area contributed by atoms with Gasteiger partial charge < -0.3 is 25.0 Å². The van der Waals surface area contributed by atoms with Gasteiger partial charge in [-0.2, -0.15) is 0 Å². The van der Waals surface area contributed by atoms with E-state index < -0.39 is 6.04 Å². The van der Waals surface area contributed by atoms with E-state index in [0.717, 1.165) is 12.0 Å². The third-order valence-corrected chi connectivity index (χ3v) is 4.82. The molecule has 2 aliphatic heterocycles. The molecule has 8 heteroatoms. The van der Waals surface area contributed by atoms with Crippen molar-refractivity contribution in [3.05, 3.63) is 53.8 Å². The predicted octanol–water partition coefficient (Wildman–Crippen LogP) is 2.87. The third-order valence-electron chi connectivity index (χ3n) is 4.82. The number of hydrogen-bond donors (Lipinski definition) is 2. The van der Waals surface area contributed by atoms with Crippen LogP contribution in [-0.4, -0.2) is 36.2 Å². The van der Waals surface area contributed by atoms with Crippen molar-refractivity contribution in [2.24, 2.45) is 0 Å². The third kappa shape index (κ3) is 3.85. The molecule has 1 saturated heterocycles. The van der Waals surface area contributed by atoms with Gasteiger partial charge in [-0.05, 0) is 54.8 Å². The number of anilines is 1. The summed E-state index contributed by atoms with van der Waals surface area (Å²) in [6.07, 6.45) is 1.35. The summed E-state index contributed by atoms with van der Waals surface area (Å²) in [5, 5.41) is 5.59. The Morgan fingerprint density at radius 3 is 2.71 bits per heavy atom. The Bertz CT molecular complexity index is 888. The Labute approximate surface area is 161 Å². The van der Waals surface area contributed by atoms with Crippen LogP contribution in [0.2, 0.25) is 0 Å². The van der Waals surface area contributed by atoms with Crippen molar-refractivity contribution < 1.29 is 23.5 Å². The van der Waals surface area contributed by atoms with Crippen molar-refractivity contribution in [1.29, 1.82) is 0 Å². The zero-order valence-electron chi connectivity index (χ0n) is 15.1. The molecule has 0 radical (unpaired) electrons. The van der Waals surface area contributed by atoms with E-state index in [9.17, 15) is 14.0 Å². The lowest BCUT2D eigenvalue weighted by atomic mass is 10.1. The van der Waals surface area contributed by atoms with E-state index in [2.05, 4.69) is 10.6 Å². The average molecular weight is 385 g/mol. The number of likely N-dealkylation sites (tertiary alicyclic amines) is 1. The van der Waals surface area contributed by atoms with Crippen LogP contribution in [-0.2, 0) is 11.3 Å². The molecule has 2 N–H and O–H groups in total. The van der Waals surface area contributed by atoms with E-state index in [1.807, 2.05) is 18.2 Å². The van der Waals surface area contributed by atoms with E-state index >= 15 is 0 Å². The Morgan fingerprint density at radius 2 is 1.89 bits per heavy atom. The molecule has 1 fully saturated rings. The van der Waals surface area contributed by atoms with E-state index in [0.29, 0.717) is 36.7 Å². The number of benzene rings is 2. The van der Waals surface area contributed by atoms with Gasteiger partial charge in [-0.25, -0.2) is 9.18 Å². The molecular formula is C20H20FN3O4. The van der Waals surface area contributed by atoms with Gasteiger partial charge in [0.2, 0.25) is 12.7 Å². The van der Waals surface area contributed by atoms with Gasteiger partial charge in [-0.3, -0.25) is 4.79 Å². The summed E-state index contributed by atoms with van der Waals surface area (Å²) in [6.45, 7) is 1.03. The Morgan fingerprint density at radius 1 is 1.11 bits per heavy atom. The summed E-state index contributed by atoms with van der Waals surface area (Å²) in [4.78, 5) is 26.7. The van der Waals surface area contributed by atoms with Gasteiger partial charge in [-0.15, -0.1) is 0 Å². The SMILES string of the molecule is O=C(NCc1ccc2c(c1)OCO2)[C@@H]1CCCN1C(=O)Nc1ccc(F)cc1. The highest BCUT2D eigenvalue weighted by Gasteiger charge is 2.34. The first-order valence-corrected chi connectivity index (χ1v) is 9.09. The molecule has 0 unspecified atom stereocenters. The summed E-state index contributed by atoms with van der Waals surface area (Å²) < 4.78 is 23.6. The number of nitrogens with zero attached hydrogens (tertiary/aromatic N) is 1. The second kappa shape index (κ2) is 7.75. The van der Waals surface area contributed by atoms with E-state index in [1.54, 1.807) is 0 Å². The van der Waals surface area contributed by atoms with Crippen LogP contribution >= 0.6 is 0 Å². The van der Waals surface area contributed by atoms with Gasteiger partial charge in [0.1, 0.15) is 11.9 Å². The van der Waals surface area contributed by atoms with Crippen LogP contribution in [0, 0.1) is 5.82 Å². The molecule has 2 aromatic rings. The van der Waals surface area contributed by atoms with Crippen LogP contribution in [0.3, 0.4) is 0 Å². The quantitative estimate of drug-likeness (QED) is 0.848. The number of fused-ring (bicyclic) bond motifs is 1. The lowest BCUT2D eigenvalue weighted by molar-refractivity contribution is -0.124. The van der Waals surface area contributed by atoms with E-state index in [4.69, 9.17) is 9.47 Å². The molecular weight excluding hydrogens is 365 g/mol. The molecule has 0 aliphatic carbocycles. The van der Waals surface area contributed by atoms with Crippen molar-refractivity contribution in [2.45, 2.75) is 25.4 Å². The Balaban J connectivity index is 1.35. The van der Waals surface area contributed by atoms with Gasteiger partial charge in [0.05, 0.1) is 0 Å². The zero-order chi connectivity index (χ0) is 19.5. The van der Waals surface area contributed by atoms with Gasteiger partial charge >= 0.3 is 6.03 Å². The lowest BCUT2D eigenvalue weighted by Gasteiger charge is -2.24. The lowest BCUT2D eigenvalue weighted by Crippen LogP contribution is -2.47. The van der Waals surface area contributed by atoms with Crippen LogP contribution in [0.4, 0.5) is 14.9 Å². The molecule has 2 heterocycles. The van der Waals surface area contributed by atoms with E-state index in [1.165, 1.54) is 29.2 Å². The minimum absolute atomic E-state index is 0.200. The highest BCUT2D eigenvalue weighted by Crippen LogP contribution is 2.32. The van der Waals surface area contributed by atoms with Gasteiger partial charge in [0, 0.05) is 18.8 Å². The molecule has 4 rings (SSSR count). The first-order chi connectivity index (χ1) is 13.6. The second-order valence-corrected chi connectivity index (χ2v) is 6.69. The van der Waals surface area contributed by atoms with Crippen LogP contribution in [0.1, 0.15) is 18.4 Å². The number of urea groups is 1. The summed E-state index contributed by atoms with van der Waals surface area (Å²) in [5.74, 6) is 0.770. The van der Waals surface area contributed by atoms with Crippen LogP contribution in [0.25, 0.3) is 0 Å². The largest absolute Gasteiger partial charge is 0.454 e. The first kappa shape index (κ1) is 18.1. The maximum atomic E-state index is 13.0. The minimum Gasteiger partial charge on any atom is -0.454 e. The summed E-state index contributed by atoms with van der Waals surface area (Å²) in [6, 6.07) is 10.1. The van der Waals surface area contributed by atoms with E-state index in [-0.39, 0.29) is 24.5 Å². The summed E-state index contributed by atoms with van der Waals surface area (Å²) >= 11 is 0. The molecule has 1 atom stereocenters. The van der Waals surface area contributed by atoms with Gasteiger partial charge in [0.15, 0.2) is 11.5 Å². The van der Waals surface area contributed by atoms with Crippen LogP contribution in [0.5, 0.6) is 11.5 Å². The van der Waals surface area contributed by atoms with Crippen molar-refractivity contribution in [1.82, 2.24) is 10.2 Å².